The van der Waals surface area contributed by atoms with Crippen molar-refractivity contribution in [3.8, 4) is 0 Å². The number of rotatable bonds is 1. The fourth-order valence-corrected chi connectivity index (χ4v) is 2.55. The van der Waals surface area contributed by atoms with Gasteiger partial charge >= 0.3 is 0 Å². The number of pyridine rings is 1. The van der Waals surface area contributed by atoms with Crippen LogP contribution in [0.3, 0.4) is 0 Å². The highest BCUT2D eigenvalue weighted by Gasteiger charge is 2.30. The van der Waals surface area contributed by atoms with Crippen molar-refractivity contribution >= 4 is 5.91 Å². The number of oxazole rings is 1. The average molecular weight is 299 g/mol. The van der Waals surface area contributed by atoms with E-state index in [2.05, 4.69) is 30.7 Å². The van der Waals surface area contributed by atoms with Gasteiger partial charge in [-0.05, 0) is 18.6 Å². The summed E-state index contributed by atoms with van der Waals surface area (Å²) >= 11 is 0. The van der Waals surface area contributed by atoms with Gasteiger partial charge in [0.15, 0.2) is 5.89 Å². The van der Waals surface area contributed by atoms with Crippen LogP contribution in [0.15, 0.2) is 22.7 Å². The van der Waals surface area contributed by atoms with E-state index in [1.165, 1.54) is 0 Å². The summed E-state index contributed by atoms with van der Waals surface area (Å²) in [6.07, 6.45) is 2.36. The number of hydrogen-bond donors (Lipinski definition) is 0. The maximum Gasteiger partial charge on any atom is 0.273 e. The van der Waals surface area contributed by atoms with E-state index < -0.39 is 0 Å². The van der Waals surface area contributed by atoms with Crippen LogP contribution in [0.2, 0.25) is 0 Å². The van der Waals surface area contributed by atoms with E-state index in [9.17, 15) is 4.79 Å². The summed E-state index contributed by atoms with van der Waals surface area (Å²) in [6, 6.07) is 3.75. The van der Waals surface area contributed by atoms with Crippen LogP contribution in [0.4, 0.5) is 0 Å². The molecule has 0 bridgehead atoms. The number of carbonyl (C=O) groups excluding carboxylic acids is 1. The molecule has 1 amide bonds. The number of aromatic nitrogens is 2. The third-order valence-electron chi connectivity index (χ3n) is 3.87. The highest BCUT2D eigenvalue weighted by molar-refractivity contribution is 5.93. The molecule has 0 radical (unpaired) electrons. The zero-order chi connectivity index (χ0) is 15.9. The number of nitrogens with zero attached hydrogens (tertiary/aromatic N) is 3. The Bertz CT molecular complexity index is 713. The lowest BCUT2D eigenvalue weighted by Crippen LogP contribution is -2.36. The molecule has 0 aromatic carbocycles. The number of hydrogen-bond acceptors (Lipinski definition) is 4. The Hall–Kier alpha value is -2.17. The summed E-state index contributed by atoms with van der Waals surface area (Å²) in [6.45, 7) is 9.26. The van der Waals surface area contributed by atoms with Crippen LogP contribution in [-0.4, -0.2) is 27.3 Å². The predicted octanol–water partition coefficient (Wildman–Crippen LogP) is 2.87. The standard InChI is InChI=1S/C17H21N3O2/c1-11-6-5-8-18-14(11)15(21)20-9-7-13-12(10-20)19-16(22-13)17(2,3)4/h5-6,8H,7,9-10H2,1-4H3. The molecule has 2 aromatic rings. The van der Waals surface area contributed by atoms with Gasteiger partial charge in [0.1, 0.15) is 17.1 Å². The zero-order valence-corrected chi connectivity index (χ0v) is 13.5. The molecule has 0 aliphatic carbocycles. The van der Waals surface area contributed by atoms with Gasteiger partial charge in [0.05, 0.1) is 6.54 Å². The largest absolute Gasteiger partial charge is 0.445 e. The SMILES string of the molecule is Cc1cccnc1C(=O)N1CCc2oc(C(C)(C)C)nc2C1. The second-order valence-electron chi connectivity index (χ2n) is 6.78. The van der Waals surface area contributed by atoms with E-state index in [-0.39, 0.29) is 11.3 Å². The molecule has 5 heteroatoms. The molecule has 1 aliphatic heterocycles. The van der Waals surface area contributed by atoms with Crippen LogP contribution in [0.25, 0.3) is 0 Å². The van der Waals surface area contributed by atoms with Gasteiger partial charge in [0.25, 0.3) is 5.91 Å². The van der Waals surface area contributed by atoms with E-state index in [0.29, 0.717) is 25.2 Å². The van der Waals surface area contributed by atoms with Crippen molar-refractivity contribution in [3.63, 3.8) is 0 Å². The highest BCUT2D eigenvalue weighted by Crippen LogP contribution is 2.27. The Labute approximate surface area is 130 Å². The van der Waals surface area contributed by atoms with Crippen LogP contribution >= 0.6 is 0 Å². The summed E-state index contributed by atoms with van der Waals surface area (Å²) in [5.41, 5.74) is 2.17. The molecule has 0 unspecified atom stereocenters. The first kappa shape index (κ1) is 14.8. The van der Waals surface area contributed by atoms with Crippen molar-refractivity contribution in [2.45, 2.75) is 46.1 Å². The van der Waals surface area contributed by atoms with Crippen molar-refractivity contribution in [3.05, 3.63) is 46.9 Å². The maximum absolute atomic E-state index is 12.6. The summed E-state index contributed by atoms with van der Waals surface area (Å²) in [4.78, 5) is 23.2. The lowest BCUT2D eigenvalue weighted by molar-refractivity contribution is 0.0721. The van der Waals surface area contributed by atoms with E-state index in [1.54, 1.807) is 11.1 Å². The van der Waals surface area contributed by atoms with Crippen molar-refractivity contribution in [1.82, 2.24) is 14.9 Å². The molecule has 3 rings (SSSR count). The van der Waals surface area contributed by atoms with Crippen LogP contribution in [0.5, 0.6) is 0 Å². The predicted molar refractivity (Wildman–Crippen MR) is 82.6 cm³/mol. The summed E-state index contributed by atoms with van der Waals surface area (Å²) in [5, 5.41) is 0. The Balaban J connectivity index is 1.84. The molecule has 22 heavy (non-hydrogen) atoms. The Morgan fingerprint density at radius 3 is 2.82 bits per heavy atom. The van der Waals surface area contributed by atoms with E-state index in [1.807, 2.05) is 19.1 Å². The van der Waals surface area contributed by atoms with Gasteiger partial charge in [-0.3, -0.25) is 9.78 Å². The topological polar surface area (TPSA) is 59.2 Å². The van der Waals surface area contributed by atoms with Gasteiger partial charge in [0.2, 0.25) is 0 Å². The van der Waals surface area contributed by atoms with Crippen molar-refractivity contribution in [2.75, 3.05) is 6.54 Å². The number of fused-ring (bicyclic) bond motifs is 1. The molecule has 0 fully saturated rings. The zero-order valence-electron chi connectivity index (χ0n) is 13.5. The molecule has 5 nitrogen and oxygen atoms in total. The minimum Gasteiger partial charge on any atom is -0.445 e. The molecule has 2 aromatic heterocycles. The van der Waals surface area contributed by atoms with Gasteiger partial charge in [-0.25, -0.2) is 4.98 Å². The number of aryl methyl sites for hydroxylation is 1. The van der Waals surface area contributed by atoms with Gasteiger partial charge < -0.3 is 9.32 Å². The van der Waals surface area contributed by atoms with Crippen molar-refractivity contribution in [2.24, 2.45) is 0 Å². The third kappa shape index (κ3) is 2.63. The highest BCUT2D eigenvalue weighted by atomic mass is 16.4. The minimum atomic E-state index is -0.121. The normalized spacial score (nSPS) is 14.8. The third-order valence-corrected chi connectivity index (χ3v) is 3.87. The maximum atomic E-state index is 12.6. The molecule has 0 spiro atoms. The second kappa shape index (κ2) is 5.23. The Kier molecular flexibility index (Phi) is 3.51. The fourth-order valence-electron chi connectivity index (χ4n) is 2.55. The first-order valence-corrected chi connectivity index (χ1v) is 7.56. The van der Waals surface area contributed by atoms with E-state index in [4.69, 9.17) is 4.42 Å². The smallest absolute Gasteiger partial charge is 0.273 e. The van der Waals surface area contributed by atoms with Crippen LogP contribution in [0.1, 0.15) is 54.2 Å². The molecule has 3 heterocycles. The number of carbonyl (C=O) groups is 1. The van der Waals surface area contributed by atoms with Gasteiger partial charge in [-0.15, -0.1) is 0 Å². The van der Waals surface area contributed by atoms with Gasteiger partial charge in [0, 0.05) is 24.6 Å². The molecule has 0 saturated carbocycles. The molecule has 0 saturated heterocycles. The van der Waals surface area contributed by atoms with Crippen LogP contribution in [0, 0.1) is 6.92 Å². The van der Waals surface area contributed by atoms with Crippen molar-refractivity contribution < 1.29 is 9.21 Å². The van der Waals surface area contributed by atoms with Gasteiger partial charge in [-0.1, -0.05) is 26.8 Å². The van der Waals surface area contributed by atoms with Crippen LogP contribution < -0.4 is 0 Å². The summed E-state index contributed by atoms with van der Waals surface area (Å²) in [5.74, 6) is 1.61. The quantitative estimate of drug-likeness (QED) is 0.812. The second-order valence-corrected chi connectivity index (χ2v) is 6.78. The summed E-state index contributed by atoms with van der Waals surface area (Å²) < 4.78 is 5.86. The monoisotopic (exact) mass is 299 g/mol. The lowest BCUT2D eigenvalue weighted by atomic mass is 9.97. The minimum absolute atomic E-state index is 0.0379. The first-order chi connectivity index (χ1) is 10.4. The summed E-state index contributed by atoms with van der Waals surface area (Å²) in [7, 11) is 0. The van der Waals surface area contributed by atoms with Crippen molar-refractivity contribution in [1.29, 1.82) is 0 Å². The Morgan fingerprint density at radius 1 is 1.36 bits per heavy atom. The Morgan fingerprint density at radius 2 is 2.14 bits per heavy atom. The van der Waals surface area contributed by atoms with Crippen LogP contribution in [-0.2, 0) is 18.4 Å². The fraction of sp³-hybridized carbons (Fsp3) is 0.471. The molecule has 116 valence electrons. The molecule has 0 N–H and O–H groups in total. The lowest BCUT2D eigenvalue weighted by Gasteiger charge is -2.25. The molecule has 1 aliphatic rings. The first-order valence-electron chi connectivity index (χ1n) is 7.56. The van der Waals surface area contributed by atoms with E-state index in [0.717, 1.165) is 22.9 Å². The number of amides is 1. The molecular formula is C17H21N3O2. The molecule has 0 atom stereocenters. The molecular weight excluding hydrogens is 278 g/mol. The van der Waals surface area contributed by atoms with Gasteiger partial charge in [-0.2, -0.15) is 0 Å². The average Bonchev–Trinajstić information content (AvgIpc) is 2.90. The van der Waals surface area contributed by atoms with E-state index >= 15 is 0 Å².